The molecule has 1 aromatic carbocycles. The van der Waals surface area contributed by atoms with E-state index >= 15 is 0 Å². The van der Waals surface area contributed by atoms with Gasteiger partial charge in [-0.25, -0.2) is 4.79 Å². The van der Waals surface area contributed by atoms with Gasteiger partial charge in [-0.3, -0.25) is 4.84 Å². The first-order valence-electron chi connectivity index (χ1n) is 9.05. The van der Waals surface area contributed by atoms with Crippen LogP contribution in [-0.2, 0) is 4.84 Å². The SMILES string of the molecule is CCC[C@@H]1CCCC(=C\c2ccc(OC)cc2)/C1=N\OC(=O)NCC. The minimum Gasteiger partial charge on any atom is -0.497 e. The van der Waals surface area contributed by atoms with Crippen LogP contribution in [0.1, 0.15) is 51.5 Å². The van der Waals surface area contributed by atoms with Gasteiger partial charge in [-0.15, -0.1) is 0 Å². The Balaban J connectivity index is 2.25. The predicted octanol–water partition coefficient (Wildman–Crippen LogP) is 4.78. The Morgan fingerprint density at radius 2 is 2.08 bits per heavy atom. The first-order chi connectivity index (χ1) is 12.2. The van der Waals surface area contributed by atoms with Gasteiger partial charge in [0.25, 0.3) is 0 Å². The molecule has 1 fully saturated rings. The van der Waals surface area contributed by atoms with Gasteiger partial charge in [0.05, 0.1) is 12.8 Å². The number of allylic oxidation sites excluding steroid dienone is 1. The van der Waals surface area contributed by atoms with Crippen LogP contribution < -0.4 is 10.1 Å². The van der Waals surface area contributed by atoms with E-state index < -0.39 is 6.09 Å². The van der Waals surface area contributed by atoms with Gasteiger partial charge < -0.3 is 10.1 Å². The number of carbonyl (C=O) groups is 1. The maximum Gasteiger partial charge on any atom is 0.433 e. The van der Waals surface area contributed by atoms with Gasteiger partial charge in [0, 0.05) is 12.5 Å². The second-order valence-electron chi connectivity index (χ2n) is 6.21. The van der Waals surface area contributed by atoms with Gasteiger partial charge in [0.2, 0.25) is 0 Å². The van der Waals surface area contributed by atoms with Crippen LogP contribution in [0.25, 0.3) is 6.08 Å². The van der Waals surface area contributed by atoms with Crippen LogP contribution >= 0.6 is 0 Å². The maximum absolute atomic E-state index is 11.6. The average molecular weight is 344 g/mol. The predicted molar refractivity (Wildman–Crippen MR) is 101 cm³/mol. The fourth-order valence-electron chi connectivity index (χ4n) is 3.14. The van der Waals surface area contributed by atoms with Crippen LogP contribution in [0.5, 0.6) is 5.75 Å². The van der Waals surface area contributed by atoms with Crippen LogP contribution in [0.15, 0.2) is 35.0 Å². The van der Waals surface area contributed by atoms with E-state index in [1.165, 1.54) is 0 Å². The molecule has 2 rings (SSSR count). The monoisotopic (exact) mass is 344 g/mol. The molecule has 5 nitrogen and oxygen atoms in total. The summed E-state index contributed by atoms with van der Waals surface area (Å²) in [4.78, 5) is 16.7. The molecule has 0 aliphatic heterocycles. The summed E-state index contributed by atoms with van der Waals surface area (Å²) in [7, 11) is 1.66. The fraction of sp³-hybridized carbons (Fsp3) is 0.500. The van der Waals surface area contributed by atoms with E-state index in [2.05, 4.69) is 23.5 Å². The van der Waals surface area contributed by atoms with Crippen molar-refractivity contribution in [3.05, 3.63) is 35.4 Å². The fourth-order valence-corrected chi connectivity index (χ4v) is 3.14. The quantitative estimate of drug-likeness (QED) is 0.597. The van der Waals surface area contributed by atoms with E-state index in [4.69, 9.17) is 9.57 Å². The normalized spacial score (nSPS) is 20.5. The molecule has 1 amide bonds. The van der Waals surface area contributed by atoms with Crippen molar-refractivity contribution in [3.63, 3.8) is 0 Å². The Morgan fingerprint density at radius 1 is 1.32 bits per heavy atom. The van der Waals surface area contributed by atoms with Crippen molar-refractivity contribution in [1.29, 1.82) is 0 Å². The second kappa shape index (κ2) is 9.87. The lowest BCUT2D eigenvalue weighted by molar-refractivity contribution is 0.150. The molecule has 1 N–H and O–H groups in total. The summed E-state index contributed by atoms with van der Waals surface area (Å²) in [6, 6.07) is 7.94. The van der Waals surface area contributed by atoms with Crippen molar-refractivity contribution in [2.75, 3.05) is 13.7 Å². The molecule has 1 atom stereocenters. The molecule has 0 bridgehead atoms. The molecule has 25 heavy (non-hydrogen) atoms. The van der Waals surface area contributed by atoms with Gasteiger partial charge in [-0.2, -0.15) is 0 Å². The maximum atomic E-state index is 11.6. The zero-order chi connectivity index (χ0) is 18.1. The zero-order valence-corrected chi connectivity index (χ0v) is 15.4. The highest BCUT2D eigenvalue weighted by Crippen LogP contribution is 2.31. The highest BCUT2D eigenvalue weighted by atomic mass is 16.7. The summed E-state index contributed by atoms with van der Waals surface area (Å²) in [6.07, 6.45) is 6.95. The number of rotatable bonds is 6. The molecule has 1 saturated carbocycles. The summed E-state index contributed by atoms with van der Waals surface area (Å²) in [6.45, 7) is 4.55. The van der Waals surface area contributed by atoms with Crippen molar-refractivity contribution in [1.82, 2.24) is 5.32 Å². The molecule has 5 heteroatoms. The van der Waals surface area contributed by atoms with Crippen LogP contribution in [0, 0.1) is 5.92 Å². The molecule has 1 aliphatic carbocycles. The number of nitrogens with zero attached hydrogens (tertiary/aromatic N) is 1. The van der Waals surface area contributed by atoms with Gasteiger partial charge in [-0.1, -0.05) is 30.6 Å². The molecule has 0 aromatic heterocycles. The summed E-state index contributed by atoms with van der Waals surface area (Å²) >= 11 is 0. The van der Waals surface area contributed by atoms with Crippen molar-refractivity contribution < 1.29 is 14.4 Å². The van der Waals surface area contributed by atoms with Crippen molar-refractivity contribution in [2.45, 2.75) is 46.0 Å². The van der Waals surface area contributed by atoms with Gasteiger partial charge in [0.15, 0.2) is 0 Å². The highest BCUT2D eigenvalue weighted by molar-refractivity contribution is 6.05. The Labute approximate surface area is 150 Å². The number of hydrogen-bond acceptors (Lipinski definition) is 4. The minimum atomic E-state index is -0.500. The Kier molecular flexibility index (Phi) is 7.51. The van der Waals surface area contributed by atoms with E-state index in [0.717, 1.165) is 54.7 Å². The van der Waals surface area contributed by atoms with Gasteiger partial charge in [0.1, 0.15) is 5.75 Å². The number of carbonyl (C=O) groups excluding carboxylic acids is 1. The summed E-state index contributed by atoms with van der Waals surface area (Å²) in [5.74, 6) is 1.18. The first-order valence-corrected chi connectivity index (χ1v) is 9.05. The van der Waals surface area contributed by atoms with Gasteiger partial charge >= 0.3 is 6.09 Å². The summed E-state index contributed by atoms with van der Waals surface area (Å²) < 4.78 is 5.21. The van der Waals surface area contributed by atoms with E-state index in [1.807, 2.05) is 31.2 Å². The molecular weight excluding hydrogens is 316 g/mol. The van der Waals surface area contributed by atoms with Crippen LogP contribution in [0.2, 0.25) is 0 Å². The van der Waals surface area contributed by atoms with E-state index in [1.54, 1.807) is 7.11 Å². The lowest BCUT2D eigenvalue weighted by Gasteiger charge is -2.25. The number of amides is 1. The number of nitrogens with one attached hydrogen (secondary N) is 1. The molecule has 0 unspecified atom stereocenters. The molecule has 136 valence electrons. The molecule has 0 radical (unpaired) electrons. The second-order valence-corrected chi connectivity index (χ2v) is 6.21. The van der Waals surface area contributed by atoms with Crippen molar-refractivity contribution >= 4 is 17.9 Å². The standard InChI is InChI=1S/C20H28N2O3/c1-4-7-16-8-6-9-17(19(16)22-25-20(23)21-5-2)14-15-10-12-18(24-3)13-11-15/h10-14,16H,4-9H2,1-3H3,(H,21,23)/b17-14+,22-19-/t16-/m1/s1. The summed E-state index contributed by atoms with van der Waals surface area (Å²) in [5, 5.41) is 6.83. The number of methoxy groups -OCH3 is 1. The van der Waals surface area contributed by atoms with Crippen molar-refractivity contribution in [3.8, 4) is 5.75 Å². The molecule has 1 aromatic rings. The topological polar surface area (TPSA) is 59.9 Å². The lowest BCUT2D eigenvalue weighted by atomic mass is 9.80. The lowest BCUT2D eigenvalue weighted by Crippen LogP contribution is -2.26. The van der Waals surface area contributed by atoms with Crippen LogP contribution in [0.3, 0.4) is 0 Å². The largest absolute Gasteiger partial charge is 0.497 e. The number of ether oxygens (including phenoxy) is 1. The molecule has 0 heterocycles. The molecule has 0 spiro atoms. The third-order valence-electron chi connectivity index (χ3n) is 4.36. The van der Waals surface area contributed by atoms with Crippen LogP contribution in [-0.4, -0.2) is 25.5 Å². The number of benzene rings is 1. The summed E-state index contributed by atoms with van der Waals surface area (Å²) in [5.41, 5.74) is 3.16. The number of hydrogen-bond donors (Lipinski definition) is 1. The first kappa shape index (κ1) is 19.0. The molecular formula is C20H28N2O3. The van der Waals surface area contributed by atoms with E-state index in [-0.39, 0.29) is 0 Å². The van der Waals surface area contributed by atoms with Crippen molar-refractivity contribution in [2.24, 2.45) is 11.1 Å². The smallest absolute Gasteiger partial charge is 0.433 e. The third kappa shape index (κ3) is 5.62. The number of oxime groups is 1. The third-order valence-corrected chi connectivity index (χ3v) is 4.36. The van der Waals surface area contributed by atoms with E-state index in [0.29, 0.717) is 12.5 Å². The Bertz CT molecular complexity index is 618. The minimum absolute atomic E-state index is 0.345. The average Bonchev–Trinajstić information content (AvgIpc) is 2.62. The Hall–Kier alpha value is -2.30. The van der Waals surface area contributed by atoms with Crippen LogP contribution in [0.4, 0.5) is 4.79 Å². The highest BCUT2D eigenvalue weighted by Gasteiger charge is 2.25. The molecule has 1 aliphatic rings. The van der Waals surface area contributed by atoms with E-state index in [9.17, 15) is 4.79 Å². The molecule has 0 saturated heterocycles. The zero-order valence-electron chi connectivity index (χ0n) is 15.4. The Morgan fingerprint density at radius 3 is 2.72 bits per heavy atom. The van der Waals surface area contributed by atoms with Gasteiger partial charge in [-0.05, 0) is 62.0 Å².